The van der Waals surface area contributed by atoms with Gasteiger partial charge in [0.2, 0.25) is 0 Å². The van der Waals surface area contributed by atoms with Crippen LogP contribution in [-0.2, 0) is 9.53 Å². The lowest BCUT2D eigenvalue weighted by atomic mass is 10.1. The van der Waals surface area contributed by atoms with E-state index in [-0.39, 0.29) is 12.2 Å². The Morgan fingerprint density at radius 1 is 1.47 bits per heavy atom. The van der Waals surface area contributed by atoms with Crippen molar-refractivity contribution in [3.05, 3.63) is 52.8 Å². The normalized spacial score (nSPS) is 11.7. The number of allylic oxidation sites excluding steroid dienone is 2. The van der Waals surface area contributed by atoms with Gasteiger partial charge in [0.25, 0.3) is 0 Å². The number of ether oxygens (including phenoxy) is 1. The van der Waals surface area contributed by atoms with Gasteiger partial charge in [-0.15, -0.1) is 0 Å². The average Bonchev–Trinajstić information content (AvgIpc) is 2.32. The molecule has 2 nitrogen and oxygen atoms in total. The van der Waals surface area contributed by atoms with Gasteiger partial charge in [-0.25, -0.2) is 9.18 Å². The summed E-state index contributed by atoms with van der Waals surface area (Å²) >= 11 is 3.27. The van der Waals surface area contributed by atoms with Gasteiger partial charge in [-0.3, -0.25) is 0 Å². The van der Waals surface area contributed by atoms with Crippen molar-refractivity contribution in [2.75, 3.05) is 6.61 Å². The maximum Gasteiger partial charge on any atom is 0.341 e. The molecule has 0 aromatic heterocycles. The van der Waals surface area contributed by atoms with Crippen LogP contribution in [0.2, 0.25) is 0 Å². The Labute approximate surface area is 108 Å². The third kappa shape index (κ3) is 3.53. The van der Waals surface area contributed by atoms with Crippen molar-refractivity contribution in [1.29, 1.82) is 0 Å². The summed E-state index contributed by atoms with van der Waals surface area (Å²) in [5.74, 6) is -1.38. The molecule has 0 aliphatic rings. The molecule has 0 radical (unpaired) electrons. The largest absolute Gasteiger partial charge is 0.462 e. The van der Waals surface area contributed by atoms with E-state index in [0.29, 0.717) is 5.56 Å². The van der Waals surface area contributed by atoms with Crippen molar-refractivity contribution in [3.8, 4) is 0 Å². The number of halogens is 2. The Hall–Kier alpha value is -1.42. The van der Waals surface area contributed by atoms with Crippen LogP contribution in [0.5, 0.6) is 0 Å². The Bertz CT molecular complexity index is 449. The number of esters is 1. The van der Waals surface area contributed by atoms with E-state index in [0.717, 1.165) is 10.5 Å². The minimum absolute atomic E-state index is 0.102. The minimum Gasteiger partial charge on any atom is -0.462 e. The first-order valence-electron chi connectivity index (χ1n) is 5.05. The Kier molecular flexibility index (Phi) is 5.10. The fourth-order valence-corrected chi connectivity index (χ4v) is 1.54. The number of carbonyl (C=O) groups excluding carboxylic acids is 1. The van der Waals surface area contributed by atoms with E-state index in [1.54, 1.807) is 31.2 Å². The van der Waals surface area contributed by atoms with Crippen LogP contribution in [0, 0.1) is 0 Å². The number of hydrogen-bond acceptors (Lipinski definition) is 2. The lowest BCUT2D eigenvalue weighted by Gasteiger charge is -2.07. The second-order valence-corrected chi connectivity index (χ2v) is 4.07. The topological polar surface area (TPSA) is 26.3 Å². The van der Waals surface area contributed by atoms with Crippen molar-refractivity contribution in [3.63, 3.8) is 0 Å². The molecule has 0 heterocycles. The van der Waals surface area contributed by atoms with Crippen molar-refractivity contribution in [1.82, 2.24) is 0 Å². The van der Waals surface area contributed by atoms with Crippen molar-refractivity contribution < 1.29 is 13.9 Å². The van der Waals surface area contributed by atoms with Crippen LogP contribution < -0.4 is 0 Å². The third-order valence-corrected chi connectivity index (χ3v) is 2.56. The van der Waals surface area contributed by atoms with E-state index in [2.05, 4.69) is 22.5 Å². The van der Waals surface area contributed by atoms with Crippen molar-refractivity contribution in [2.45, 2.75) is 6.92 Å². The Morgan fingerprint density at radius 3 is 2.53 bits per heavy atom. The molecule has 17 heavy (non-hydrogen) atoms. The SMILES string of the molecule is C=C/C(F)=C(\C(=O)OCC)c1ccc(Br)cc1. The van der Waals surface area contributed by atoms with Gasteiger partial charge in [-0.05, 0) is 30.7 Å². The molecule has 90 valence electrons. The molecule has 0 fully saturated rings. The first-order chi connectivity index (χ1) is 8.10. The maximum absolute atomic E-state index is 13.6. The molecule has 0 N–H and O–H groups in total. The molecule has 4 heteroatoms. The number of hydrogen-bond donors (Lipinski definition) is 0. The van der Waals surface area contributed by atoms with Gasteiger partial charge >= 0.3 is 5.97 Å². The highest BCUT2D eigenvalue weighted by molar-refractivity contribution is 9.10. The third-order valence-electron chi connectivity index (χ3n) is 2.03. The summed E-state index contributed by atoms with van der Waals surface area (Å²) in [7, 11) is 0. The predicted octanol–water partition coefficient (Wildman–Crippen LogP) is 3.88. The van der Waals surface area contributed by atoms with Gasteiger partial charge in [-0.1, -0.05) is 34.6 Å². The zero-order valence-electron chi connectivity index (χ0n) is 9.37. The highest BCUT2D eigenvalue weighted by atomic mass is 79.9. The van der Waals surface area contributed by atoms with Crippen molar-refractivity contribution >= 4 is 27.5 Å². The smallest absolute Gasteiger partial charge is 0.341 e. The second-order valence-electron chi connectivity index (χ2n) is 3.15. The van der Waals surface area contributed by atoms with Crippen molar-refractivity contribution in [2.24, 2.45) is 0 Å². The highest BCUT2D eigenvalue weighted by Gasteiger charge is 2.17. The summed E-state index contributed by atoms with van der Waals surface area (Å²) in [6.45, 7) is 5.18. The van der Waals surface area contributed by atoms with Crippen LogP contribution in [0.4, 0.5) is 4.39 Å². The molecule has 0 amide bonds. The molecule has 0 bridgehead atoms. The average molecular weight is 299 g/mol. The molecule has 0 saturated carbocycles. The predicted molar refractivity (Wildman–Crippen MR) is 69.0 cm³/mol. The number of carbonyl (C=O) groups is 1. The maximum atomic E-state index is 13.6. The van der Waals surface area contributed by atoms with Gasteiger partial charge in [0.15, 0.2) is 0 Å². The van der Waals surface area contributed by atoms with Crippen LogP contribution in [0.15, 0.2) is 47.2 Å². The van der Waals surface area contributed by atoms with Gasteiger partial charge in [0, 0.05) is 4.47 Å². The van der Waals surface area contributed by atoms with Gasteiger partial charge < -0.3 is 4.74 Å². The van der Waals surface area contributed by atoms with Gasteiger partial charge in [-0.2, -0.15) is 0 Å². The lowest BCUT2D eigenvalue weighted by molar-refractivity contribution is -0.136. The fourth-order valence-electron chi connectivity index (χ4n) is 1.28. The van der Waals surface area contributed by atoms with Crippen LogP contribution >= 0.6 is 15.9 Å². The van der Waals surface area contributed by atoms with Crippen LogP contribution in [0.1, 0.15) is 12.5 Å². The van der Waals surface area contributed by atoms with E-state index in [9.17, 15) is 9.18 Å². The fraction of sp³-hybridized carbons (Fsp3) is 0.154. The lowest BCUT2D eigenvalue weighted by Crippen LogP contribution is -2.08. The first-order valence-corrected chi connectivity index (χ1v) is 5.84. The van der Waals surface area contributed by atoms with Crippen LogP contribution in [-0.4, -0.2) is 12.6 Å². The number of benzene rings is 1. The van der Waals surface area contributed by atoms with Crippen LogP contribution in [0.3, 0.4) is 0 Å². The quantitative estimate of drug-likeness (QED) is 0.479. The van der Waals surface area contributed by atoms with Gasteiger partial charge in [0.05, 0.1) is 6.61 Å². The molecule has 0 unspecified atom stereocenters. The molecular weight excluding hydrogens is 287 g/mol. The highest BCUT2D eigenvalue weighted by Crippen LogP contribution is 2.23. The van der Waals surface area contributed by atoms with Crippen LogP contribution in [0.25, 0.3) is 5.57 Å². The van der Waals surface area contributed by atoms with E-state index >= 15 is 0 Å². The molecule has 1 rings (SSSR count). The van der Waals surface area contributed by atoms with E-state index < -0.39 is 11.8 Å². The molecule has 0 spiro atoms. The molecule has 1 aromatic rings. The molecule has 0 aliphatic carbocycles. The summed E-state index contributed by atoms with van der Waals surface area (Å²) in [6, 6.07) is 6.73. The number of rotatable bonds is 4. The summed E-state index contributed by atoms with van der Waals surface area (Å²) in [4.78, 5) is 11.6. The second kappa shape index (κ2) is 6.35. The summed E-state index contributed by atoms with van der Waals surface area (Å²) < 4.78 is 19.3. The molecule has 1 aromatic carbocycles. The molecule has 0 aliphatic heterocycles. The summed E-state index contributed by atoms with van der Waals surface area (Å²) in [6.07, 6.45) is 0.994. The standard InChI is InChI=1S/C13H12BrFO2/c1-3-11(15)12(13(16)17-4-2)9-5-7-10(14)8-6-9/h3,5-8H,1,4H2,2H3/b12-11+. The molecule has 0 saturated heterocycles. The Morgan fingerprint density at radius 2 is 2.06 bits per heavy atom. The zero-order valence-corrected chi connectivity index (χ0v) is 11.0. The Balaban J connectivity index is 3.21. The first kappa shape index (κ1) is 13.6. The van der Waals surface area contributed by atoms with E-state index in [1.807, 2.05) is 0 Å². The molecule has 0 atom stereocenters. The van der Waals surface area contributed by atoms with E-state index in [1.165, 1.54) is 0 Å². The van der Waals surface area contributed by atoms with Gasteiger partial charge in [0.1, 0.15) is 11.4 Å². The molecular formula is C13H12BrFO2. The zero-order chi connectivity index (χ0) is 12.8. The van der Waals surface area contributed by atoms with E-state index in [4.69, 9.17) is 4.74 Å². The summed E-state index contributed by atoms with van der Waals surface area (Å²) in [5.41, 5.74) is 0.360. The minimum atomic E-state index is -0.689. The monoisotopic (exact) mass is 298 g/mol. The summed E-state index contributed by atoms with van der Waals surface area (Å²) in [5, 5.41) is 0.